The van der Waals surface area contributed by atoms with E-state index in [9.17, 15) is 4.79 Å². The summed E-state index contributed by atoms with van der Waals surface area (Å²) in [5, 5.41) is 6.60. The molecule has 0 radical (unpaired) electrons. The van der Waals surface area contributed by atoms with Gasteiger partial charge in [0.1, 0.15) is 5.82 Å². The summed E-state index contributed by atoms with van der Waals surface area (Å²) in [5.41, 5.74) is 8.03. The lowest BCUT2D eigenvalue weighted by Gasteiger charge is -2.36. The number of carbonyl (C=O) groups excluding carboxylic acids is 1. The molecule has 4 N–H and O–H groups in total. The van der Waals surface area contributed by atoms with Crippen LogP contribution in [0.3, 0.4) is 0 Å². The summed E-state index contributed by atoms with van der Waals surface area (Å²) in [6, 6.07) is 3.91. The van der Waals surface area contributed by atoms with Crippen LogP contribution in [0.5, 0.6) is 0 Å². The van der Waals surface area contributed by atoms with Crippen LogP contribution in [0.2, 0.25) is 18.1 Å². The zero-order valence-electron chi connectivity index (χ0n) is 19.2. The molecule has 0 unspecified atom stereocenters. The van der Waals surface area contributed by atoms with Crippen LogP contribution in [0.4, 0.5) is 17.5 Å². The van der Waals surface area contributed by atoms with Crippen molar-refractivity contribution in [3.63, 3.8) is 0 Å². The van der Waals surface area contributed by atoms with Crippen molar-refractivity contribution in [1.29, 1.82) is 0 Å². The first-order valence-electron chi connectivity index (χ1n) is 10.8. The van der Waals surface area contributed by atoms with Gasteiger partial charge in [0.15, 0.2) is 8.32 Å². The Morgan fingerprint density at radius 2 is 1.97 bits per heavy atom. The number of hydrogen-bond acceptors (Lipinski definition) is 7. The lowest BCUT2D eigenvalue weighted by atomic mass is 10.2. The van der Waals surface area contributed by atoms with Gasteiger partial charge in [-0.05, 0) is 49.0 Å². The van der Waals surface area contributed by atoms with Gasteiger partial charge in [0.25, 0.3) is 0 Å². The van der Waals surface area contributed by atoms with E-state index in [0.717, 1.165) is 35.6 Å². The van der Waals surface area contributed by atoms with Gasteiger partial charge in [0.2, 0.25) is 11.9 Å². The first kappa shape index (κ1) is 23.1. The maximum Gasteiger partial charge on any atom is 0.229 e. The Balaban J connectivity index is 1.63. The zero-order chi connectivity index (χ0) is 22.6. The average Bonchev–Trinajstić information content (AvgIpc) is 3.52. The van der Waals surface area contributed by atoms with E-state index < -0.39 is 8.32 Å². The highest BCUT2D eigenvalue weighted by molar-refractivity contribution is 6.74. The maximum atomic E-state index is 11.0. The van der Waals surface area contributed by atoms with Crippen LogP contribution in [-0.2, 0) is 15.8 Å². The number of primary amides is 1. The zero-order valence-corrected chi connectivity index (χ0v) is 20.2. The fourth-order valence-corrected chi connectivity index (χ4v) is 3.72. The van der Waals surface area contributed by atoms with Crippen LogP contribution in [0.15, 0.2) is 24.5 Å². The summed E-state index contributed by atoms with van der Waals surface area (Å²) >= 11 is 0. The molecular weight excluding hydrogens is 408 g/mol. The van der Waals surface area contributed by atoms with Crippen LogP contribution in [0.25, 0.3) is 0 Å². The van der Waals surface area contributed by atoms with Gasteiger partial charge in [-0.2, -0.15) is 4.98 Å². The van der Waals surface area contributed by atoms with Crippen molar-refractivity contribution >= 4 is 31.7 Å². The number of aromatic nitrogens is 3. The highest BCUT2D eigenvalue weighted by atomic mass is 28.4. The van der Waals surface area contributed by atoms with Crippen LogP contribution >= 0.6 is 0 Å². The SMILES string of the molecule is CC(C)(C)[Si](C)(C)OCc1ccc(Nc2ncc(C3CC3)c(NCCC(N)=O)n2)cn1. The first-order chi connectivity index (χ1) is 14.5. The van der Waals surface area contributed by atoms with Crippen LogP contribution < -0.4 is 16.4 Å². The largest absolute Gasteiger partial charge is 0.411 e. The number of nitrogens with one attached hydrogen (secondary N) is 2. The lowest BCUT2D eigenvalue weighted by Crippen LogP contribution is -2.40. The van der Waals surface area contributed by atoms with Crippen LogP contribution in [0, 0.1) is 0 Å². The molecule has 9 heteroatoms. The molecular formula is C22H34N6O2Si. The molecule has 2 aromatic heterocycles. The van der Waals surface area contributed by atoms with E-state index in [1.807, 2.05) is 18.3 Å². The molecule has 168 valence electrons. The van der Waals surface area contributed by atoms with Gasteiger partial charge in [-0.1, -0.05) is 20.8 Å². The van der Waals surface area contributed by atoms with E-state index in [4.69, 9.17) is 10.2 Å². The van der Waals surface area contributed by atoms with Gasteiger partial charge in [0.05, 0.1) is 24.2 Å². The number of hydrogen-bond donors (Lipinski definition) is 3. The minimum absolute atomic E-state index is 0.168. The minimum Gasteiger partial charge on any atom is -0.411 e. The van der Waals surface area contributed by atoms with Crippen molar-refractivity contribution in [1.82, 2.24) is 15.0 Å². The van der Waals surface area contributed by atoms with Crippen molar-refractivity contribution in [2.75, 3.05) is 17.2 Å². The Labute approximate surface area is 185 Å². The average molecular weight is 443 g/mol. The van der Waals surface area contributed by atoms with Gasteiger partial charge < -0.3 is 20.8 Å². The van der Waals surface area contributed by atoms with Crippen LogP contribution in [0.1, 0.15) is 57.2 Å². The molecule has 2 heterocycles. The van der Waals surface area contributed by atoms with E-state index in [0.29, 0.717) is 25.0 Å². The summed E-state index contributed by atoms with van der Waals surface area (Å²) in [6.45, 7) is 12.1. The second-order valence-corrected chi connectivity index (χ2v) is 14.4. The number of nitrogens with zero attached hydrogens (tertiary/aromatic N) is 3. The van der Waals surface area contributed by atoms with Gasteiger partial charge in [0, 0.05) is 24.7 Å². The second-order valence-electron chi connectivity index (χ2n) is 9.63. The predicted molar refractivity (Wildman–Crippen MR) is 126 cm³/mol. The minimum atomic E-state index is -1.81. The van der Waals surface area contributed by atoms with Crippen molar-refractivity contribution in [2.24, 2.45) is 5.73 Å². The highest BCUT2D eigenvalue weighted by Crippen LogP contribution is 2.43. The third-order valence-electron chi connectivity index (χ3n) is 5.97. The third-order valence-corrected chi connectivity index (χ3v) is 10.4. The molecule has 0 bridgehead atoms. The molecule has 31 heavy (non-hydrogen) atoms. The van der Waals surface area contributed by atoms with Crippen molar-refractivity contribution in [2.45, 2.75) is 70.7 Å². The summed E-state index contributed by atoms with van der Waals surface area (Å²) in [4.78, 5) is 24.6. The topological polar surface area (TPSA) is 115 Å². The molecule has 0 saturated heterocycles. The molecule has 8 nitrogen and oxygen atoms in total. The Morgan fingerprint density at radius 3 is 2.55 bits per heavy atom. The summed E-state index contributed by atoms with van der Waals surface area (Å²) in [5.74, 6) is 1.40. The maximum absolute atomic E-state index is 11.0. The third kappa shape index (κ3) is 6.48. The Morgan fingerprint density at radius 1 is 1.23 bits per heavy atom. The van der Waals surface area contributed by atoms with Gasteiger partial charge in [-0.15, -0.1) is 0 Å². The van der Waals surface area contributed by atoms with Crippen molar-refractivity contribution in [3.05, 3.63) is 35.8 Å². The molecule has 1 amide bonds. The summed E-state index contributed by atoms with van der Waals surface area (Å²) in [6.07, 6.45) is 6.17. The van der Waals surface area contributed by atoms with E-state index >= 15 is 0 Å². The Bertz CT molecular complexity index is 907. The van der Waals surface area contributed by atoms with Gasteiger partial charge in [-0.25, -0.2) is 4.98 Å². The number of anilines is 3. The molecule has 0 atom stereocenters. The molecule has 0 aromatic carbocycles. The first-order valence-corrected chi connectivity index (χ1v) is 13.7. The highest BCUT2D eigenvalue weighted by Gasteiger charge is 2.37. The Hall–Kier alpha value is -2.52. The van der Waals surface area contributed by atoms with E-state index in [1.165, 1.54) is 0 Å². The summed E-state index contributed by atoms with van der Waals surface area (Å²) < 4.78 is 6.24. The fraction of sp³-hybridized carbons (Fsp3) is 0.545. The van der Waals surface area contributed by atoms with Gasteiger partial charge >= 0.3 is 0 Å². The number of amides is 1. The number of carbonyl (C=O) groups is 1. The normalized spacial score (nSPS) is 14.4. The van der Waals surface area contributed by atoms with E-state index in [-0.39, 0.29) is 17.4 Å². The van der Waals surface area contributed by atoms with E-state index in [2.05, 4.69) is 59.5 Å². The molecule has 3 rings (SSSR count). The fourth-order valence-electron chi connectivity index (χ4n) is 2.77. The lowest BCUT2D eigenvalue weighted by molar-refractivity contribution is -0.117. The monoisotopic (exact) mass is 442 g/mol. The Kier molecular flexibility index (Phi) is 6.95. The number of pyridine rings is 1. The quantitative estimate of drug-likeness (QED) is 0.470. The predicted octanol–water partition coefficient (Wildman–Crippen LogP) is 4.30. The molecule has 0 aliphatic heterocycles. The molecule has 1 aliphatic rings. The molecule has 2 aromatic rings. The van der Waals surface area contributed by atoms with Crippen LogP contribution in [-0.4, -0.2) is 35.7 Å². The molecule has 1 saturated carbocycles. The molecule has 1 fully saturated rings. The van der Waals surface area contributed by atoms with E-state index in [1.54, 1.807) is 6.20 Å². The smallest absolute Gasteiger partial charge is 0.229 e. The van der Waals surface area contributed by atoms with Crippen molar-refractivity contribution < 1.29 is 9.22 Å². The second kappa shape index (κ2) is 9.31. The van der Waals surface area contributed by atoms with Crippen molar-refractivity contribution in [3.8, 4) is 0 Å². The standard InChI is InChI=1S/C22H34N6O2Si/c1-22(2,3)31(4,5)30-14-17-9-8-16(12-25-17)27-21-26-13-18(15-6-7-15)20(28-21)24-11-10-19(23)29/h8-9,12-13,15H,6-7,10-11,14H2,1-5H3,(H2,23,29)(H2,24,26,27,28). The molecule has 1 aliphatic carbocycles. The number of nitrogens with two attached hydrogens (primary N) is 1. The number of rotatable bonds is 10. The van der Waals surface area contributed by atoms with Gasteiger partial charge in [-0.3, -0.25) is 9.78 Å². The molecule has 0 spiro atoms. The summed E-state index contributed by atoms with van der Waals surface area (Å²) in [7, 11) is -1.81.